The Bertz CT molecular complexity index is 921. The first-order chi connectivity index (χ1) is 14.4. The monoisotopic (exact) mass is 412 g/mol. The number of nitrogens with zero attached hydrogens (tertiary/aromatic N) is 3. The normalized spacial score (nSPS) is 13.8. The summed E-state index contributed by atoms with van der Waals surface area (Å²) in [5.74, 6) is -0.370. The number of hydrogen-bond acceptors (Lipinski definition) is 6. The van der Waals surface area contributed by atoms with Crippen LogP contribution in [0.15, 0.2) is 36.4 Å². The largest absolute Gasteiger partial charge is 0.378 e. The van der Waals surface area contributed by atoms with E-state index in [1.165, 1.54) is 6.07 Å². The number of hydrogen-bond donors (Lipinski definition) is 1. The van der Waals surface area contributed by atoms with Crippen LogP contribution in [0.5, 0.6) is 0 Å². The van der Waals surface area contributed by atoms with Crippen molar-refractivity contribution in [2.24, 2.45) is 0 Å². The average Bonchev–Trinajstić information content (AvgIpc) is 2.76. The minimum atomic E-state index is -0.439. The van der Waals surface area contributed by atoms with Gasteiger partial charge in [0.05, 0.1) is 18.1 Å². The zero-order chi connectivity index (χ0) is 21.7. The number of benzene rings is 2. The molecule has 30 heavy (non-hydrogen) atoms. The molecule has 1 aliphatic heterocycles. The van der Waals surface area contributed by atoms with Crippen LogP contribution in [0.4, 0.5) is 22.7 Å². The first-order valence-corrected chi connectivity index (χ1v) is 10.2. The molecular weight excluding hydrogens is 384 g/mol. The van der Waals surface area contributed by atoms with E-state index in [0.717, 1.165) is 24.3 Å². The summed E-state index contributed by atoms with van der Waals surface area (Å²) in [4.78, 5) is 28.1. The van der Waals surface area contributed by atoms with E-state index in [9.17, 15) is 14.9 Å². The van der Waals surface area contributed by atoms with Gasteiger partial charge in [0.2, 0.25) is 0 Å². The molecule has 1 fully saturated rings. The number of nitro groups is 1. The van der Waals surface area contributed by atoms with Gasteiger partial charge in [-0.2, -0.15) is 0 Å². The molecule has 0 saturated carbocycles. The second-order valence-electron chi connectivity index (χ2n) is 7.19. The number of morpholine rings is 1. The summed E-state index contributed by atoms with van der Waals surface area (Å²) in [6.07, 6.45) is 0. The van der Waals surface area contributed by atoms with Crippen molar-refractivity contribution in [3.05, 3.63) is 57.6 Å². The Kier molecular flexibility index (Phi) is 6.89. The Labute approximate surface area is 176 Å². The highest BCUT2D eigenvalue weighted by Gasteiger charge is 2.23. The number of carbonyl (C=O) groups excluding carboxylic acids is 1. The van der Waals surface area contributed by atoms with Crippen LogP contribution in [-0.4, -0.2) is 50.2 Å². The molecule has 1 N–H and O–H groups in total. The topological polar surface area (TPSA) is 88.0 Å². The molecule has 0 aliphatic carbocycles. The van der Waals surface area contributed by atoms with Gasteiger partial charge in [-0.25, -0.2) is 0 Å². The number of anilines is 3. The van der Waals surface area contributed by atoms with Gasteiger partial charge in [0, 0.05) is 49.2 Å². The first kappa shape index (κ1) is 21.6. The van der Waals surface area contributed by atoms with E-state index in [2.05, 4.69) is 24.1 Å². The Balaban J connectivity index is 1.81. The van der Waals surface area contributed by atoms with Gasteiger partial charge >= 0.3 is 0 Å². The van der Waals surface area contributed by atoms with Crippen molar-refractivity contribution in [1.29, 1.82) is 0 Å². The molecule has 0 atom stereocenters. The highest BCUT2D eigenvalue weighted by atomic mass is 16.6. The Morgan fingerprint density at radius 2 is 1.87 bits per heavy atom. The molecule has 0 radical (unpaired) electrons. The lowest BCUT2D eigenvalue weighted by molar-refractivity contribution is -0.384. The lowest BCUT2D eigenvalue weighted by Gasteiger charge is -2.28. The smallest absolute Gasteiger partial charge is 0.293 e. The summed E-state index contributed by atoms with van der Waals surface area (Å²) in [6, 6.07) is 10.5. The molecule has 0 bridgehead atoms. The van der Waals surface area contributed by atoms with E-state index < -0.39 is 4.92 Å². The Morgan fingerprint density at radius 1 is 1.17 bits per heavy atom. The fourth-order valence-electron chi connectivity index (χ4n) is 3.65. The number of nitrogens with one attached hydrogen (secondary N) is 1. The van der Waals surface area contributed by atoms with E-state index in [-0.39, 0.29) is 17.2 Å². The number of ether oxygens (including phenoxy) is 1. The standard InChI is InChI=1S/C22H28N4O4/c1-4-24(5-2)18-7-8-19(16(3)14-18)23-22(27)17-6-9-20(21(15-17)26(28)29)25-10-12-30-13-11-25/h6-9,14-15H,4-5,10-13H2,1-3H3,(H,23,27). The number of rotatable bonds is 7. The van der Waals surface area contributed by atoms with Gasteiger partial charge in [-0.05, 0) is 56.7 Å². The van der Waals surface area contributed by atoms with Gasteiger partial charge in [-0.3, -0.25) is 14.9 Å². The third kappa shape index (κ3) is 4.71. The van der Waals surface area contributed by atoms with E-state index in [0.29, 0.717) is 37.7 Å². The summed E-state index contributed by atoms with van der Waals surface area (Å²) in [5.41, 5.74) is 3.42. The van der Waals surface area contributed by atoms with Crippen molar-refractivity contribution in [2.75, 3.05) is 54.5 Å². The van der Waals surface area contributed by atoms with Crippen LogP contribution >= 0.6 is 0 Å². The summed E-state index contributed by atoms with van der Waals surface area (Å²) in [5, 5.41) is 14.5. The fourth-order valence-corrected chi connectivity index (χ4v) is 3.65. The molecule has 1 aliphatic rings. The Hall–Kier alpha value is -3.13. The van der Waals surface area contributed by atoms with Crippen molar-refractivity contribution in [3.8, 4) is 0 Å². The first-order valence-electron chi connectivity index (χ1n) is 10.2. The quantitative estimate of drug-likeness (QED) is 0.549. The minimum absolute atomic E-state index is 0.0712. The maximum absolute atomic E-state index is 12.8. The second-order valence-corrected chi connectivity index (χ2v) is 7.19. The maximum Gasteiger partial charge on any atom is 0.293 e. The van der Waals surface area contributed by atoms with Crippen LogP contribution in [0.25, 0.3) is 0 Å². The lowest BCUT2D eigenvalue weighted by atomic mass is 10.1. The van der Waals surface area contributed by atoms with Gasteiger partial charge in [0.25, 0.3) is 11.6 Å². The van der Waals surface area contributed by atoms with Crippen molar-refractivity contribution >= 4 is 28.7 Å². The van der Waals surface area contributed by atoms with Crippen LogP contribution in [0.2, 0.25) is 0 Å². The molecule has 8 heteroatoms. The summed E-state index contributed by atoms with van der Waals surface area (Å²) in [7, 11) is 0. The number of carbonyl (C=O) groups is 1. The lowest BCUT2D eigenvalue weighted by Crippen LogP contribution is -2.36. The van der Waals surface area contributed by atoms with Crippen LogP contribution in [0.1, 0.15) is 29.8 Å². The summed E-state index contributed by atoms with van der Waals surface area (Å²) in [6.45, 7) is 10.2. The predicted molar refractivity (Wildman–Crippen MR) is 119 cm³/mol. The van der Waals surface area contributed by atoms with Gasteiger partial charge < -0.3 is 19.9 Å². The number of amides is 1. The zero-order valence-corrected chi connectivity index (χ0v) is 17.7. The number of aryl methyl sites for hydroxylation is 1. The van der Waals surface area contributed by atoms with Crippen molar-refractivity contribution in [2.45, 2.75) is 20.8 Å². The highest BCUT2D eigenvalue weighted by Crippen LogP contribution is 2.30. The van der Waals surface area contributed by atoms with Gasteiger partial charge in [-0.15, -0.1) is 0 Å². The molecule has 0 spiro atoms. The van der Waals surface area contributed by atoms with E-state index >= 15 is 0 Å². The zero-order valence-electron chi connectivity index (χ0n) is 17.7. The molecule has 1 saturated heterocycles. The molecular formula is C22H28N4O4. The molecule has 1 heterocycles. The van der Waals surface area contributed by atoms with Crippen molar-refractivity contribution in [1.82, 2.24) is 0 Å². The third-order valence-electron chi connectivity index (χ3n) is 5.37. The van der Waals surface area contributed by atoms with Gasteiger partial charge in [-0.1, -0.05) is 0 Å². The summed E-state index contributed by atoms with van der Waals surface area (Å²) >= 11 is 0. The van der Waals surface area contributed by atoms with Crippen molar-refractivity contribution in [3.63, 3.8) is 0 Å². The second kappa shape index (κ2) is 9.58. The fraction of sp³-hybridized carbons (Fsp3) is 0.409. The molecule has 8 nitrogen and oxygen atoms in total. The SMILES string of the molecule is CCN(CC)c1ccc(NC(=O)c2ccc(N3CCOCC3)c([N+](=O)[O-])c2)c(C)c1. The Morgan fingerprint density at radius 3 is 2.47 bits per heavy atom. The van der Waals surface area contributed by atoms with E-state index in [1.54, 1.807) is 12.1 Å². The molecule has 0 aromatic heterocycles. The molecule has 2 aromatic carbocycles. The molecule has 1 amide bonds. The molecule has 0 unspecified atom stereocenters. The highest BCUT2D eigenvalue weighted by molar-refractivity contribution is 6.05. The van der Waals surface area contributed by atoms with Crippen LogP contribution < -0.4 is 15.1 Å². The summed E-state index contributed by atoms with van der Waals surface area (Å²) < 4.78 is 5.32. The third-order valence-corrected chi connectivity index (χ3v) is 5.37. The molecule has 3 rings (SSSR count). The van der Waals surface area contributed by atoms with Gasteiger partial charge in [0.15, 0.2) is 0 Å². The molecule has 2 aromatic rings. The number of nitro benzene ring substituents is 1. The average molecular weight is 412 g/mol. The van der Waals surface area contributed by atoms with Crippen molar-refractivity contribution < 1.29 is 14.5 Å². The van der Waals surface area contributed by atoms with E-state index in [4.69, 9.17) is 4.74 Å². The van der Waals surface area contributed by atoms with E-state index in [1.807, 2.05) is 30.0 Å². The van der Waals surface area contributed by atoms with Crippen LogP contribution in [-0.2, 0) is 4.74 Å². The van der Waals surface area contributed by atoms with Crippen LogP contribution in [0, 0.1) is 17.0 Å². The molecule has 160 valence electrons. The van der Waals surface area contributed by atoms with Crippen LogP contribution in [0.3, 0.4) is 0 Å². The maximum atomic E-state index is 12.8. The minimum Gasteiger partial charge on any atom is -0.378 e. The van der Waals surface area contributed by atoms with Gasteiger partial charge in [0.1, 0.15) is 5.69 Å². The predicted octanol–water partition coefficient (Wildman–Crippen LogP) is 3.84.